The largest absolute Gasteiger partial charge is 0.389 e. The van der Waals surface area contributed by atoms with E-state index in [1.807, 2.05) is 0 Å². The monoisotopic (exact) mass is 298 g/mol. The first-order valence-electron chi connectivity index (χ1n) is 5.17. The van der Waals surface area contributed by atoms with Crippen molar-refractivity contribution < 1.29 is 9.50 Å². The van der Waals surface area contributed by atoms with E-state index < -0.39 is 6.10 Å². The number of aromatic nitrogens is 2. The van der Waals surface area contributed by atoms with Crippen molar-refractivity contribution in [2.75, 3.05) is 0 Å². The molecule has 0 radical (unpaired) electrons. The van der Waals surface area contributed by atoms with Crippen molar-refractivity contribution in [2.45, 2.75) is 20.0 Å². The Morgan fingerprint density at radius 3 is 2.71 bits per heavy atom. The molecule has 0 amide bonds. The van der Waals surface area contributed by atoms with Crippen molar-refractivity contribution in [1.29, 1.82) is 0 Å². The molecule has 1 N–H and O–H groups in total. The van der Waals surface area contributed by atoms with E-state index in [-0.39, 0.29) is 5.82 Å². The number of aryl methyl sites for hydroxylation is 1. The number of benzene rings is 1. The number of hydrogen-bond donors (Lipinski definition) is 1. The van der Waals surface area contributed by atoms with E-state index in [1.54, 1.807) is 37.0 Å². The summed E-state index contributed by atoms with van der Waals surface area (Å²) in [7, 11) is 0. The van der Waals surface area contributed by atoms with E-state index in [2.05, 4.69) is 21.0 Å². The Bertz CT molecular complexity index is 551. The van der Waals surface area contributed by atoms with Crippen LogP contribution < -0.4 is 0 Å². The van der Waals surface area contributed by atoms with Gasteiger partial charge in [-0.25, -0.2) is 9.07 Å². The van der Waals surface area contributed by atoms with Gasteiger partial charge in [0.2, 0.25) is 0 Å². The van der Waals surface area contributed by atoms with Crippen LogP contribution >= 0.6 is 15.9 Å². The molecule has 1 unspecified atom stereocenters. The second kappa shape index (κ2) is 4.58. The molecule has 5 heteroatoms. The zero-order valence-electron chi connectivity index (χ0n) is 9.48. The summed E-state index contributed by atoms with van der Waals surface area (Å²) in [4.78, 5) is 0. The molecule has 0 spiro atoms. The average molecular weight is 299 g/mol. The molecule has 0 aliphatic carbocycles. The third-order valence-corrected chi connectivity index (χ3v) is 2.97. The van der Waals surface area contributed by atoms with Crippen LogP contribution in [0.4, 0.5) is 4.39 Å². The topological polar surface area (TPSA) is 38.0 Å². The van der Waals surface area contributed by atoms with E-state index in [4.69, 9.17) is 0 Å². The molecule has 1 atom stereocenters. The first-order valence-corrected chi connectivity index (χ1v) is 5.97. The average Bonchev–Trinajstić information content (AvgIpc) is 2.68. The lowest BCUT2D eigenvalue weighted by Crippen LogP contribution is -2.05. The van der Waals surface area contributed by atoms with Gasteiger partial charge in [-0.3, -0.25) is 0 Å². The number of aliphatic hydroxyl groups is 1. The van der Waals surface area contributed by atoms with Gasteiger partial charge in [-0.2, -0.15) is 5.10 Å². The molecule has 1 heterocycles. The van der Waals surface area contributed by atoms with E-state index in [1.165, 1.54) is 6.07 Å². The summed E-state index contributed by atoms with van der Waals surface area (Å²) in [6.45, 7) is 3.29. The Morgan fingerprint density at radius 1 is 1.47 bits per heavy atom. The third kappa shape index (κ3) is 2.40. The summed E-state index contributed by atoms with van der Waals surface area (Å²) >= 11 is 3.30. The Kier molecular flexibility index (Phi) is 3.31. The van der Waals surface area contributed by atoms with E-state index in [0.717, 1.165) is 4.47 Å². The van der Waals surface area contributed by atoms with Crippen molar-refractivity contribution in [1.82, 2.24) is 9.78 Å². The first kappa shape index (κ1) is 12.3. The lowest BCUT2D eigenvalue weighted by molar-refractivity contribution is 0.198. The molecule has 0 aliphatic rings. The highest BCUT2D eigenvalue weighted by molar-refractivity contribution is 9.10. The summed E-state index contributed by atoms with van der Waals surface area (Å²) in [6, 6.07) is 3.03. The van der Waals surface area contributed by atoms with Crippen LogP contribution in [0.15, 0.2) is 29.0 Å². The van der Waals surface area contributed by atoms with Crippen LogP contribution in [-0.2, 0) is 0 Å². The van der Waals surface area contributed by atoms with Crippen molar-refractivity contribution in [3.05, 3.63) is 45.9 Å². The highest BCUT2D eigenvalue weighted by Crippen LogP contribution is 2.25. The summed E-state index contributed by atoms with van der Waals surface area (Å²) in [5, 5.41) is 13.8. The van der Waals surface area contributed by atoms with Crippen LogP contribution in [0.25, 0.3) is 5.69 Å². The number of halogens is 2. The minimum Gasteiger partial charge on any atom is -0.389 e. The molecule has 0 bridgehead atoms. The highest BCUT2D eigenvalue weighted by atomic mass is 79.9. The molecule has 2 aromatic rings. The molecular formula is C12H12BrFN2O. The van der Waals surface area contributed by atoms with E-state index in [0.29, 0.717) is 16.8 Å². The maximum absolute atomic E-state index is 13.5. The van der Waals surface area contributed by atoms with Gasteiger partial charge in [-0.05, 0) is 47.5 Å². The van der Waals surface area contributed by atoms with Gasteiger partial charge in [0.05, 0.1) is 22.5 Å². The Balaban J connectivity index is 2.63. The van der Waals surface area contributed by atoms with Crippen molar-refractivity contribution in [3.8, 4) is 5.69 Å². The predicted octanol–water partition coefficient (Wildman–Crippen LogP) is 3.14. The highest BCUT2D eigenvalue weighted by Gasteiger charge is 2.13. The maximum atomic E-state index is 13.5. The summed E-state index contributed by atoms with van der Waals surface area (Å²) in [5.41, 5.74) is 1.73. The number of hydrogen-bond acceptors (Lipinski definition) is 2. The van der Waals surface area contributed by atoms with Gasteiger partial charge in [0, 0.05) is 11.8 Å². The maximum Gasteiger partial charge on any atom is 0.126 e. The molecule has 1 aromatic heterocycles. The first-order chi connectivity index (χ1) is 7.99. The molecule has 90 valence electrons. The third-order valence-electron chi connectivity index (χ3n) is 2.56. The molecule has 2 rings (SSSR count). The number of aliphatic hydroxyl groups excluding tert-OH is 1. The van der Waals surface area contributed by atoms with Crippen LogP contribution in [-0.4, -0.2) is 14.9 Å². The molecule has 1 aromatic carbocycles. The molecule has 3 nitrogen and oxygen atoms in total. The molecule has 0 aliphatic heterocycles. The lowest BCUT2D eigenvalue weighted by Gasteiger charge is -2.13. The van der Waals surface area contributed by atoms with Crippen LogP contribution in [0.5, 0.6) is 0 Å². The SMILES string of the molecule is Cc1cc(-n2cc(Br)cn2)c(C(C)O)cc1F. The van der Waals surface area contributed by atoms with E-state index in [9.17, 15) is 9.50 Å². The van der Waals surface area contributed by atoms with Crippen molar-refractivity contribution in [3.63, 3.8) is 0 Å². The fourth-order valence-corrected chi connectivity index (χ4v) is 1.93. The molecule has 17 heavy (non-hydrogen) atoms. The van der Waals surface area contributed by atoms with Gasteiger partial charge < -0.3 is 5.11 Å². The number of nitrogens with zero attached hydrogens (tertiary/aromatic N) is 2. The van der Waals surface area contributed by atoms with Gasteiger partial charge in [0.1, 0.15) is 5.82 Å². The smallest absolute Gasteiger partial charge is 0.126 e. The molecule has 0 saturated heterocycles. The van der Waals surface area contributed by atoms with E-state index >= 15 is 0 Å². The van der Waals surface area contributed by atoms with Gasteiger partial charge in [0.25, 0.3) is 0 Å². The summed E-state index contributed by atoms with van der Waals surface area (Å²) in [6.07, 6.45) is 2.66. The van der Waals surface area contributed by atoms with Crippen molar-refractivity contribution in [2.24, 2.45) is 0 Å². The van der Waals surface area contributed by atoms with Crippen molar-refractivity contribution >= 4 is 15.9 Å². The standard InChI is InChI=1S/C12H12BrFN2O/c1-7-3-12(16-6-9(13)5-15-16)10(8(2)17)4-11(7)14/h3-6,8,17H,1-2H3. The second-order valence-electron chi connectivity index (χ2n) is 3.94. The lowest BCUT2D eigenvalue weighted by atomic mass is 10.1. The van der Waals surface area contributed by atoms with Crippen LogP contribution in [0.1, 0.15) is 24.2 Å². The van der Waals surface area contributed by atoms with Crippen LogP contribution in [0.3, 0.4) is 0 Å². The number of rotatable bonds is 2. The quantitative estimate of drug-likeness (QED) is 0.925. The minimum absolute atomic E-state index is 0.323. The van der Waals surface area contributed by atoms with Gasteiger partial charge >= 0.3 is 0 Å². The zero-order chi connectivity index (χ0) is 12.6. The fraction of sp³-hybridized carbons (Fsp3) is 0.250. The Morgan fingerprint density at radius 2 is 2.18 bits per heavy atom. The van der Waals surface area contributed by atoms with Gasteiger partial charge in [0.15, 0.2) is 0 Å². The minimum atomic E-state index is -0.747. The van der Waals surface area contributed by atoms with Gasteiger partial charge in [-0.1, -0.05) is 0 Å². The Hall–Kier alpha value is -1.20. The predicted molar refractivity (Wildman–Crippen MR) is 66.6 cm³/mol. The molecule has 0 saturated carbocycles. The molecular weight excluding hydrogens is 287 g/mol. The fourth-order valence-electron chi connectivity index (χ4n) is 1.65. The normalized spacial score (nSPS) is 12.8. The Labute approximate surface area is 107 Å². The van der Waals surface area contributed by atoms with Crippen LogP contribution in [0.2, 0.25) is 0 Å². The summed E-state index contributed by atoms with van der Waals surface area (Å²) in [5.74, 6) is -0.323. The summed E-state index contributed by atoms with van der Waals surface area (Å²) < 4.78 is 15.9. The second-order valence-corrected chi connectivity index (χ2v) is 4.85. The molecule has 0 fully saturated rings. The van der Waals surface area contributed by atoms with Gasteiger partial charge in [-0.15, -0.1) is 0 Å². The van der Waals surface area contributed by atoms with Crippen LogP contribution in [0, 0.1) is 12.7 Å². The zero-order valence-corrected chi connectivity index (χ0v) is 11.1.